The van der Waals surface area contributed by atoms with E-state index in [-0.39, 0.29) is 11.1 Å². The standard InChI is InChI=1S/C20H19NO3/c1-13(2)19(23)21(17-14(3)9-8-10-15(17)4)20(24)18(22)16-11-6-5-7-12-16/h5-12H,1H2,2-4H3. The van der Waals surface area contributed by atoms with Crippen molar-refractivity contribution in [2.45, 2.75) is 20.8 Å². The predicted molar refractivity (Wildman–Crippen MR) is 94.0 cm³/mol. The summed E-state index contributed by atoms with van der Waals surface area (Å²) in [6.07, 6.45) is 0. The van der Waals surface area contributed by atoms with Crippen LogP contribution in [0.2, 0.25) is 0 Å². The minimum Gasteiger partial charge on any atom is -0.283 e. The van der Waals surface area contributed by atoms with Crippen LogP contribution in [0, 0.1) is 13.8 Å². The highest BCUT2D eigenvalue weighted by Crippen LogP contribution is 2.26. The molecule has 0 saturated heterocycles. The van der Waals surface area contributed by atoms with Crippen LogP contribution in [0.5, 0.6) is 0 Å². The number of anilines is 1. The van der Waals surface area contributed by atoms with E-state index in [1.165, 1.54) is 6.92 Å². The van der Waals surface area contributed by atoms with Crippen molar-refractivity contribution in [3.05, 3.63) is 77.4 Å². The summed E-state index contributed by atoms with van der Waals surface area (Å²) < 4.78 is 0. The number of aryl methyl sites for hydroxylation is 2. The minimum atomic E-state index is -0.883. The van der Waals surface area contributed by atoms with Gasteiger partial charge in [-0.15, -0.1) is 0 Å². The summed E-state index contributed by atoms with van der Waals surface area (Å²) in [5.74, 6) is -2.19. The topological polar surface area (TPSA) is 54.5 Å². The summed E-state index contributed by atoms with van der Waals surface area (Å²) in [5, 5.41) is 0. The van der Waals surface area contributed by atoms with E-state index in [1.807, 2.05) is 6.07 Å². The maximum absolute atomic E-state index is 12.8. The molecule has 0 atom stereocenters. The average molecular weight is 321 g/mol. The number of carbonyl (C=O) groups excluding carboxylic acids is 3. The molecule has 0 radical (unpaired) electrons. The number of carbonyl (C=O) groups is 3. The van der Waals surface area contributed by atoms with Crippen LogP contribution < -0.4 is 4.90 Å². The van der Waals surface area contributed by atoms with Gasteiger partial charge in [-0.25, -0.2) is 4.90 Å². The van der Waals surface area contributed by atoms with Crippen molar-refractivity contribution in [1.29, 1.82) is 0 Å². The van der Waals surface area contributed by atoms with E-state index in [0.717, 1.165) is 16.0 Å². The third-order valence-corrected chi connectivity index (χ3v) is 3.66. The number of imide groups is 1. The Hall–Kier alpha value is -3.01. The molecule has 0 aromatic heterocycles. The van der Waals surface area contributed by atoms with E-state index in [9.17, 15) is 14.4 Å². The van der Waals surface area contributed by atoms with Gasteiger partial charge < -0.3 is 0 Å². The van der Waals surface area contributed by atoms with Gasteiger partial charge in [0.05, 0.1) is 5.69 Å². The Labute approximate surface area is 141 Å². The molecule has 4 heteroatoms. The lowest BCUT2D eigenvalue weighted by molar-refractivity contribution is -0.122. The third kappa shape index (κ3) is 3.33. The van der Waals surface area contributed by atoms with E-state index in [2.05, 4.69) is 6.58 Å². The Morgan fingerprint density at radius 2 is 1.38 bits per heavy atom. The third-order valence-electron chi connectivity index (χ3n) is 3.66. The zero-order chi connectivity index (χ0) is 17.9. The Kier molecular flexibility index (Phi) is 5.09. The SMILES string of the molecule is C=C(C)C(=O)N(C(=O)C(=O)c1ccccc1)c1c(C)cccc1C. The molecule has 0 aliphatic rings. The van der Waals surface area contributed by atoms with Crippen LogP contribution in [-0.4, -0.2) is 17.6 Å². The summed E-state index contributed by atoms with van der Waals surface area (Å²) in [6.45, 7) is 8.72. The number of hydrogen-bond donors (Lipinski definition) is 0. The molecule has 0 aliphatic heterocycles. The summed E-state index contributed by atoms with van der Waals surface area (Å²) in [5.41, 5.74) is 2.33. The van der Waals surface area contributed by atoms with Crippen molar-refractivity contribution in [2.75, 3.05) is 4.90 Å². The van der Waals surface area contributed by atoms with Gasteiger partial charge in [-0.3, -0.25) is 14.4 Å². The molecule has 0 N–H and O–H groups in total. The fraction of sp³-hybridized carbons (Fsp3) is 0.150. The molecule has 0 bridgehead atoms. The zero-order valence-corrected chi connectivity index (χ0v) is 14.0. The summed E-state index contributed by atoms with van der Waals surface area (Å²) in [4.78, 5) is 38.9. The molecule has 2 amide bonds. The van der Waals surface area contributed by atoms with E-state index in [1.54, 1.807) is 56.3 Å². The highest BCUT2D eigenvalue weighted by Gasteiger charge is 2.31. The van der Waals surface area contributed by atoms with E-state index >= 15 is 0 Å². The van der Waals surface area contributed by atoms with Gasteiger partial charge in [0.1, 0.15) is 0 Å². The van der Waals surface area contributed by atoms with Gasteiger partial charge in [-0.1, -0.05) is 55.1 Å². The van der Waals surface area contributed by atoms with Crippen LogP contribution in [0.15, 0.2) is 60.7 Å². The number of hydrogen-bond acceptors (Lipinski definition) is 3. The second kappa shape index (κ2) is 7.04. The molecule has 0 unspecified atom stereocenters. The monoisotopic (exact) mass is 321 g/mol. The fourth-order valence-electron chi connectivity index (χ4n) is 2.46. The van der Waals surface area contributed by atoms with Crippen LogP contribution in [0.3, 0.4) is 0 Å². The Bertz CT molecular complexity index is 802. The van der Waals surface area contributed by atoms with E-state index in [4.69, 9.17) is 0 Å². The number of benzene rings is 2. The summed E-state index contributed by atoms with van der Waals surface area (Å²) >= 11 is 0. The van der Waals surface area contributed by atoms with Crippen molar-refractivity contribution in [3.8, 4) is 0 Å². The maximum atomic E-state index is 12.8. The first kappa shape index (κ1) is 17.3. The number of amides is 2. The van der Waals surface area contributed by atoms with Crippen molar-refractivity contribution in [1.82, 2.24) is 0 Å². The van der Waals surface area contributed by atoms with Gasteiger partial charge in [0.15, 0.2) is 0 Å². The largest absolute Gasteiger partial charge is 0.306 e. The van der Waals surface area contributed by atoms with E-state index < -0.39 is 17.6 Å². The maximum Gasteiger partial charge on any atom is 0.306 e. The smallest absolute Gasteiger partial charge is 0.283 e. The van der Waals surface area contributed by atoms with Gasteiger partial charge in [0.25, 0.3) is 11.7 Å². The van der Waals surface area contributed by atoms with Crippen molar-refractivity contribution >= 4 is 23.3 Å². The molecule has 0 saturated carbocycles. The van der Waals surface area contributed by atoms with Gasteiger partial charge in [-0.05, 0) is 31.9 Å². The average Bonchev–Trinajstić information content (AvgIpc) is 2.57. The molecule has 4 nitrogen and oxygen atoms in total. The lowest BCUT2D eigenvalue weighted by Crippen LogP contribution is -2.42. The minimum absolute atomic E-state index is 0.187. The van der Waals surface area contributed by atoms with Crippen molar-refractivity contribution in [2.24, 2.45) is 0 Å². The van der Waals surface area contributed by atoms with Crippen molar-refractivity contribution in [3.63, 3.8) is 0 Å². The normalized spacial score (nSPS) is 10.1. The molecule has 0 heterocycles. The van der Waals surface area contributed by atoms with Gasteiger partial charge in [-0.2, -0.15) is 0 Å². The molecular weight excluding hydrogens is 302 g/mol. The van der Waals surface area contributed by atoms with E-state index in [0.29, 0.717) is 5.69 Å². The first-order valence-electron chi connectivity index (χ1n) is 7.54. The Morgan fingerprint density at radius 3 is 1.88 bits per heavy atom. The molecular formula is C20H19NO3. The molecule has 2 aromatic carbocycles. The molecule has 24 heavy (non-hydrogen) atoms. The molecule has 2 aromatic rings. The predicted octanol–water partition coefficient (Wildman–Crippen LogP) is 3.62. The quantitative estimate of drug-likeness (QED) is 0.491. The number of rotatable bonds is 4. The van der Waals surface area contributed by atoms with Crippen LogP contribution in [0.4, 0.5) is 5.69 Å². The van der Waals surface area contributed by atoms with Crippen LogP contribution in [0.1, 0.15) is 28.4 Å². The zero-order valence-electron chi connectivity index (χ0n) is 14.0. The highest BCUT2D eigenvalue weighted by molar-refractivity contribution is 6.51. The lowest BCUT2D eigenvalue weighted by atomic mass is 10.0. The number of Topliss-reactive ketones (excluding diaryl/α,β-unsaturated/α-hetero) is 1. The number of para-hydroxylation sites is 1. The number of nitrogens with zero attached hydrogens (tertiary/aromatic N) is 1. The van der Waals surface area contributed by atoms with Gasteiger partial charge in [0.2, 0.25) is 0 Å². The van der Waals surface area contributed by atoms with Gasteiger partial charge >= 0.3 is 5.91 Å². The lowest BCUT2D eigenvalue weighted by Gasteiger charge is -2.24. The summed E-state index contributed by atoms with van der Waals surface area (Å²) in [6, 6.07) is 13.6. The molecule has 0 fully saturated rings. The van der Waals surface area contributed by atoms with Gasteiger partial charge in [0, 0.05) is 11.1 Å². The molecule has 0 aliphatic carbocycles. The highest BCUT2D eigenvalue weighted by atomic mass is 16.2. The first-order chi connectivity index (χ1) is 11.3. The Morgan fingerprint density at radius 1 is 0.833 bits per heavy atom. The second-order valence-electron chi connectivity index (χ2n) is 5.66. The number of ketones is 1. The van der Waals surface area contributed by atoms with Crippen LogP contribution in [-0.2, 0) is 9.59 Å². The van der Waals surface area contributed by atoms with Crippen LogP contribution in [0.25, 0.3) is 0 Å². The molecule has 2 rings (SSSR count). The second-order valence-corrected chi connectivity index (χ2v) is 5.66. The van der Waals surface area contributed by atoms with Crippen molar-refractivity contribution < 1.29 is 14.4 Å². The van der Waals surface area contributed by atoms with Crippen LogP contribution >= 0.6 is 0 Å². The Balaban J connectivity index is 2.56. The molecule has 122 valence electrons. The first-order valence-corrected chi connectivity index (χ1v) is 7.54. The molecule has 0 spiro atoms. The summed E-state index contributed by atoms with van der Waals surface area (Å²) in [7, 11) is 0. The fourth-order valence-corrected chi connectivity index (χ4v) is 2.46.